The van der Waals surface area contributed by atoms with E-state index in [1.54, 1.807) is 0 Å². The highest BCUT2D eigenvalue weighted by molar-refractivity contribution is 4.80. The third kappa shape index (κ3) is 5.39. The molecule has 0 radical (unpaired) electrons. The Labute approximate surface area is 108 Å². The Kier molecular flexibility index (Phi) is 6.50. The minimum absolute atomic E-state index is 0.657. The Morgan fingerprint density at radius 1 is 1.18 bits per heavy atom. The van der Waals surface area contributed by atoms with Crippen LogP contribution in [0.25, 0.3) is 0 Å². The second-order valence-electron chi connectivity index (χ2n) is 6.49. The van der Waals surface area contributed by atoms with E-state index in [9.17, 15) is 0 Å². The Balaban J connectivity index is 2.27. The Bertz CT molecular complexity index is 203. The monoisotopic (exact) mass is 240 g/mol. The van der Waals surface area contributed by atoms with Crippen LogP contribution in [0.2, 0.25) is 0 Å². The lowest BCUT2D eigenvalue weighted by Crippen LogP contribution is -2.45. The number of nitrogens with zero attached hydrogens (tertiary/aromatic N) is 1. The van der Waals surface area contributed by atoms with Gasteiger partial charge < -0.3 is 5.32 Å². The molecule has 1 aliphatic carbocycles. The van der Waals surface area contributed by atoms with E-state index in [0.29, 0.717) is 6.04 Å². The number of nitrogens with one attached hydrogen (secondary N) is 1. The fourth-order valence-electron chi connectivity index (χ4n) is 2.86. The lowest BCUT2D eigenvalue weighted by Gasteiger charge is -2.38. The maximum Gasteiger partial charge on any atom is 0.0192 e. The molecule has 0 spiro atoms. The van der Waals surface area contributed by atoms with Crippen LogP contribution in [0.5, 0.6) is 0 Å². The molecule has 0 bridgehead atoms. The predicted molar refractivity (Wildman–Crippen MR) is 76.4 cm³/mol. The molecule has 1 saturated carbocycles. The van der Waals surface area contributed by atoms with Crippen molar-refractivity contribution in [1.82, 2.24) is 10.2 Å². The van der Waals surface area contributed by atoms with E-state index in [1.165, 1.54) is 25.7 Å². The van der Waals surface area contributed by atoms with Crippen LogP contribution in [-0.4, -0.2) is 37.1 Å². The summed E-state index contributed by atoms with van der Waals surface area (Å²) in [7, 11) is 2.31. The first-order chi connectivity index (χ1) is 8.00. The molecular weight excluding hydrogens is 208 g/mol. The van der Waals surface area contributed by atoms with Crippen molar-refractivity contribution in [3.63, 3.8) is 0 Å². The molecule has 0 saturated heterocycles. The summed E-state index contributed by atoms with van der Waals surface area (Å²) in [5.74, 6) is 1.68. The second kappa shape index (κ2) is 7.38. The fourth-order valence-corrected chi connectivity index (χ4v) is 2.86. The Morgan fingerprint density at radius 2 is 1.88 bits per heavy atom. The molecule has 2 nitrogen and oxygen atoms in total. The van der Waals surface area contributed by atoms with Gasteiger partial charge in [0.2, 0.25) is 0 Å². The van der Waals surface area contributed by atoms with Crippen LogP contribution in [0.4, 0.5) is 0 Å². The Hall–Kier alpha value is -0.0800. The largest absolute Gasteiger partial charge is 0.315 e. The van der Waals surface area contributed by atoms with Gasteiger partial charge in [0.1, 0.15) is 0 Å². The van der Waals surface area contributed by atoms with Crippen molar-refractivity contribution in [3.8, 4) is 0 Å². The molecule has 1 aliphatic rings. The van der Waals surface area contributed by atoms with E-state index in [-0.39, 0.29) is 0 Å². The van der Waals surface area contributed by atoms with Crippen molar-refractivity contribution in [1.29, 1.82) is 0 Å². The molecule has 2 heteroatoms. The standard InChI is InChI=1S/C15H32N2/c1-12(2)10-16-11-14(4)17(5)15-8-6-7-13(3)9-15/h12-16H,6-11H2,1-5H3. The molecule has 0 amide bonds. The molecule has 0 aromatic rings. The molecule has 3 unspecified atom stereocenters. The maximum absolute atomic E-state index is 3.57. The van der Waals surface area contributed by atoms with E-state index in [0.717, 1.165) is 31.0 Å². The molecule has 17 heavy (non-hydrogen) atoms. The number of hydrogen-bond acceptors (Lipinski definition) is 2. The third-order valence-corrected chi connectivity index (χ3v) is 4.17. The molecule has 0 aromatic heterocycles. The van der Waals surface area contributed by atoms with Crippen molar-refractivity contribution in [2.75, 3.05) is 20.1 Å². The summed E-state index contributed by atoms with van der Waals surface area (Å²) in [4.78, 5) is 2.60. The van der Waals surface area contributed by atoms with Gasteiger partial charge in [-0.2, -0.15) is 0 Å². The van der Waals surface area contributed by atoms with Crippen molar-refractivity contribution in [3.05, 3.63) is 0 Å². The SMILES string of the molecule is CC(C)CNCC(C)N(C)C1CCCC(C)C1. The first-order valence-electron chi connectivity index (χ1n) is 7.43. The first-order valence-corrected chi connectivity index (χ1v) is 7.43. The third-order valence-electron chi connectivity index (χ3n) is 4.17. The number of hydrogen-bond donors (Lipinski definition) is 1. The highest BCUT2D eigenvalue weighted by Gasteiger charge is 2.24. The van der Waals surface area contributed by atoms with Crippen LogP contribution >= 0.6 is 0 Å². The quantitative estimate of drug-likeness (QED) is 0.767. The van der Waals surface area contributed by atoms with Gasteiger partial charge in [0.15, 0.2) is 0 Å². The number of rotatable bonds is 6. The zero-order valence-corrected chi connectivity index (χ0v) is 12.5. The van der Waals surface area contributed by atoms with Gasteiger partial charge in [0.25, 0.3) is 0 Å². The normalized spacial score (nSPS) is 27.7. The highest BCUT2D eigenvalue weighted by Crippen LogP contribution is 2.27. The van der Waals surface area contributed by atoms with Crippen LogP contribution in [0.1, 0.15) is 53.4 Å². The van der Waals surface area contributed by atoms with Crippen LogP contribution in [0, 0.1) is 11.8 Å². The smallest absolute Gasteiger partial charge is 0.0192 e. The lowest BCUT2D eigenvalue weighted by molar-refractivity contribution is 0.124. The summed E-state index contributed by atoms with van der Waals surface area (Å²) >= 11 is 0. The van der Waals surface area contributed by atoms with Gasteiger partial charge in [0.05, 0.1) is 0 Å². The van der Waals surface area contributed by atoms with E-state index < -0.39 is 0 Å². The summed E-state index contributed by atoms with van der Waals surface area (Å²) in [6, 6.07) is 1.47. The molecule has 0 aromatic carbocycles. The fraction of sp³-hybridized carbons (Fsp3) is 1.00. The maximum atomic E-state index is 3.57. The van der Waals surface area contributed by atoms with Gasteiger partial charge in [0, 0.05) is 18.6 Å². The topological polar surface area (TPSA) is 15.3 Å². The van der Waals surface area contributed by atoms with Gasteiger partial charge in [-0.15, -0.1) is 0 Å². The minimum atomic E-state index is 0.657. The summed E-state index contributed by atoms with van der Waals surface area (Å²) in [6.07, 6.45) is 5.65. The summed E-state index contributed by atoms with van der Waals surface area (Å²) in [5.41, 5.74) is 0. The summed E-state index contributed by atoms with van der Waals surface area (Å²) in [6.45, 7) is 11.6. The van der Waals surface area contributed by atoms with Crippen LogP contribution in [-0.2, 0) is 0 Å². The van der Waals surface area contributed by atoms with Crippen molar-refractivity contribution in [2.45, 2.75) is 65.5 Å². The van der Waals surface area contributed by atoms with Crippen molar-refractivity contribution < 1.29 is 0 Å². The zero-order valence-electron chi connectivity index (χ0n) is 12.5. The van der Waals surface area contributed by atoms with Gasteiger partial charge in [-0.3, -0.25) is 4.90 Å². The predicted octanol–water partition coefficient (Wildman–Crippen LogP) is 3.13. The molecule has 1 fully saturated rings. The van der Waals surface area contributed by atoms with Gasteiger partial charge in [-0.25, -0.2) is 0 Å². The molecule has 0 heterocycles. The molecule has 0 aliphatic heterocycles. The van der Waals surface area contributed by atoms with E-state index in [2.05, 4.69) is 45.0 Å². The van der Waals surface area contributed by atoms with Crippen LogP contribution < -0.4 is 5.32 Å². The molecular formula is C15H32N2. The van der Waals surface area contributed by atoms with E-state index in [4.69, 9.17) is 0 Å². The Morgan fingerprint density at radius 3 is 2.47 bits per heavy atom. The van der Waals surface area contributed by atoms with Gasteiger partial charge >= 0.3 is 0 Å². The van der Waals surface area contributed by atoms with Crippen LogP contribution in [0.3, 0.4) is 0 Å². The molecule has 102 valence electrons. The van der Waals surface area contributed by atoms with E-state index in [1.807, 2.05) is 0 Å². The highest BCUT2D eigenvalue weighted by atomic mass is 15.2. The van der Waals surface area contributed by atoms with Crippen LogP contribution in [0.15, 0.2) is 0 Å². The average molecular weight is 240 g/mol. The lowest BCUT2D eigenvalue weighted by atomic mass is 9.86. The van der Waals surface area contributed by atoms with Gasteiger partial charge in [-0.1, -0.05) is 33.6 Å². The zero-order chi connectivity index (χ0) is 12.8. The van der Waals surface area contributed by atoms with E-state index >= 15 is 0 Å². The summed E-state index contributed by atoms with van der Waals surface area (Å²) in [5, 5.41) is 3.57. The second-order valence-corrected chi connectivity index (χ2v) is 6.49. The number of likely N-dealkylation sites (N-methyl/N-ethyl adjacent to an activating group) is 1. The average Bonchev–Trinajstić information content (AvgIpc) is 2.27. The molecule has 1 rings (SSSR count). The molecule has 1 N–H and O–H groups in total. The van der Waals surface area contributed by atoms with Crippen molar-refractivity contribution >= 4 is 0 Å². The first kappa shape index (κ1) is 15.0. The molecule has 3 atom stereocenters. The van der Waals surface area contributed by atoms with Crippen molar-refractivity contribution in [2.24, 2.45) is 11.8 Å². The minimum Gasteiger partial charge on any atom is -0.315 e. The van der Waals surface area contributed by atoms with Gasteiger partial charge in [-0.05, 0) is 45.2 Å². The summed E-state index contributed by atoms with van der Waals surface area (Å²) < 4.78 is 0.